The molecule has 1 fully saturated rings. The lowest BCUT2D eigenvalue weighted by molar-refractivity contribution is 0.0716. The number of rotatable bonds is 6. The fourth-order valence-corrected chi connectivity index (χ4v) is 5.23. The molecule has 3 aromatic rings. The van der Waals surface area contributed by atoms with Crippen molar-refractivity contribution in [3.8, 4) is 5.69 Å². The summed E-state index contributed by atoms with van der Waals surface area (Å²) in [5.74, 6) is -0.655. The minimum Gasteiger partial charge on any atom is -0.336 e. The van der Waals surface area contributed by atoms with Crippen molar-refractivity contribution in [3.05, 3.63) is 59.3 Å². The van der Waals surface area contributed by atoms with Crippen molar-refractivity contribution in [2.75, 3.05) is 13.1 Å². The number of fused-ring (bicyclic) bond motifs is 1. The second-order valence-electron chi connectivity index (χ2n) is 9.48. The number of carbonyl (C=O) groups excluding carboxylic acids is 2. The molecule has 1 N–H and O–H groups in total. The van der Waals surface area contributed by atoms with E-state index in [1.165, 1.54) is 12.1 Å². The maximum atomic E-state index is 14.4. The van der Waals surface area contributed by atoms with Crippen molar-refractivity contribution in [3.63, 3.8) is 0 Å². The van der Waals surface area contributed by atoms with Gasteiger partial charge in [0.15, 0.2) is 5.78 Å². The average Bonchev–Trinajstić information content (AvgIpc) is 3.10. The first-order chi connectivity index (χ1) is 16.2. The van der Waals surface area contributed by atoms with E-state index >= 15 is 0 Å². The molecule has 1 aromatic carbocycles. The third-order valence-corrected chi connectivity index (χ3v) is 6.90. The van der Waals surface area contributed by atoms with E-state index in [0.29, 0.717) is 17.8 Å². The second kappa shape index (κ2) is 9.66. The normalized spacial score (nSPS) is 18.4. The molecule has 1 amide bonds. The highest BCUT2D eigenvalue weighted by molar-refractivity contribution is 6.11. The molecule has 1 aliphatic heterocycles. The molecule has 1 saturated heterocycles. The van der Waals surface area contributed by atoms with Crippen LogP contribution in [0.5, 0.6) is 0 Å². The topological polar surface area (TPSA) is 67.2 Å². The van der Waals surface area contributed by atoms with Gasteiger partial charge in [-0.05, 0) is 78.3 Å². The number of benzene rings is 1. The number of amides is 1. The van der Waals surface area contributed by atoms with E-state index in [4.69, 9.17) is 0 Å². The predicted molar refractivity (Wildman–Crippen MR) is 132 cm³/mol. The van der Waals surface area contributed by atoms with Gasteiger partial charge in [-0.25, -0.2) is 4.39 Å². The Hall–Kier alpha value is -3.06. The van der Waals surface area contributed by atoms with Gasteiger partial charge in [-0.1, -0.05) is 0 Å². The quantitative estimate of drug-likeness (QED) is 0.526. The number of nitrogens with one attached hydrogen (secondary N) is 1. The molecule has 4 rings (SSSR count). The number of piperidine rings is 1. The van der Waals surface area contributed by atoms with Crippen LogP contribution in [0.15, 0.2) is 36.7 Å². The summed E-state index contributed by atoms with van der Waals surface area (Å²) in [7, 11) is 0. The molecule has 34 heavy (non-hydrogen) atoms. The van der Waals surface area contributed by atoms with E-state index in [2.05, 4.69) is 17.2 Å². The molecule has 7 heteroatoms. The number of nitrogens with zero attached hydrogens (tertiary/aromatic N) is 3. The van der Waals surface area contributed by atoms with Gasteiger partial charge in [0, 0.05) is 47.4 Å². The summed E-state index contributed by atoms with van der Waals surface area (Å²) in [5.41, 5.74) is 2.97. The monoisotopic (exact) mass is 464 g/mol. The van der Waals surface area contributed by atoms with E-state index in [-0.39, 0.29) is 35.3 Å². The highest BCUT2D eigenvalue weighted by Crippen LogP contribution is 2.34. The van der Waals surface area contributed by atoms with E-state index in [1.54, 1.807) is 23.4 Å². The molecule has 6 nitrogen and oxygen atoms in total. The first kappa shape index (κ1) is 24.1. The molecule has 180 valence electrons. The fourth-order valence-electron chi connectivity index (χ4n) is 5.23. The zero-order valence-electron chi connectivity index (χ0n) is 20.6. The zero-order chi connectivity index (χ0) is 24.6. The molecule has 1 aliphatic rings. The lowest BCUT2D eigenvalue weighted by Gasteiger charge is -2.27. The molecule has 0 radical (unpaired) electrons. The fraction of sp³-hybridized carbons (Fsp3) is 0.444. The number of pyridine rings is 1. The Morgan fingerprint density at radius 1 is 1.29 bits per heavy atom. The Morgan fingerprint density at radius 2 is 2.06 bits per heavy atom. The van der Waals surface area contributed by atoms with Gasteiger partial charge in [0.25, 0.3) is 5.91 Å². The van der Waals surface area contributed by atoms with Gasteiger partial charge in [0.05, 0.1) is 23.0 Å². The van der Waals surface area contributed by atoms with Gasteiger partial charge in [-0.15, -0.1) is 0 Å². The SMILES string of the molecule is CCN(C(=O)c1cc(F)ccc1-n1c(C)c(C(=O)[C@H]2CCN[C@H](C)C2)c2ccncc21)C(C)C. The smallest absolute Gasteiger partial charge is 0.256 e. The van der Waals surface area contributed by atoms with Crippen LogP contribution in [0.1, 0.15) is 66.9 Å². The van der Waals surface area contributed by atoms with Gasteiger partial charge in [-0.2, -0.15) is 0 Å². The number of hydrogen-bond donors (Lipinski definition) is 1. The van der Waals surface area contributed by atoms with Crippen molar-refractivity contribution >= 4 is 22.6 Å². The van der Waals surface area contributed by atoms with Crippen molar-refractivity contribution in [1.29, 1.82) is 0 Å². The molecule has 2 aromatic heterocycles. The van der Waals surface area contributed by atoms with Crippen molar-refractivity contribution < 1.29 is 14.0 Å². The highest BCUT2D eigenvalue weighted by atomic mass is 19.1. The van der Waals surface area contributed by atoms with Gasteiger partial charge in [0.2, 0.25) is 0 Å². The lowest BCUT2D eigenvalue weighted by Crippen LogP contribution is -2.38. The van der Waals surface area contributed by atoms with Crippen molar-refractivity contribution in [2.45, 2.75) is 59.5 Å². The predicted octanol–water partition coefficient (Wildman–Crippen LogP) is 4.91. The Morgan fingerprint density at radius 3 is 2.74 bits per heavy atom. The number of aromatic nitrogens is 2. The molecule has 0 bridgehead atoms. The maximum Gasteiger partial charge on any atom is 0.256 e. The minimum absolute atomic E-state index is 0.0307. The molecule has 2 atom stereocenters. The Balaban J connectivity index is 1.91. The van der Waals surface area contributed by atoms with Crippen LogP contribution in [0.2, 0.25) is 0 Å². The summed E-state index contributed by atoms with van der Waals surface area (Å²) < 4.78 is 16.3. The third-order valence-electron chi connectivity index (χ3n) is 6.90. The first-order valence-electron chi connectivity index (χ1n) is 12.1. The maximum absolute atomic E-state index is 14.4. The summed E-state index contributed by atoms with van der Waals surface area (Å²) in [6.07, 6.45) is 4.97. The summed E-state index contributed by atoms with van der Waals surface area (Å²) in [5, 5.41) is 4.21. The van der Waals surface area contributed by atoms with Crippen molar-refractivity contribution in [2.24, 2.45) is 5.92 Å². The lowest BCUT2D eigenvalue weighted by atomic mass is 9.86. The molecule has 0 unspecified atom stereocenters. The van der Waals surface area contributed by atoms with Crippen LogP contribution >= 0.6 is 0 Å². The van der Waals surface area contributed by atoms with E-state index in [9.17, 15) is 14.0 Å². The van der Waals surface area contributed by atoms with Crippen LogP contribution in [-0.4, -0.2) is 51.3 Å². The van der Waals surface area contributed by atoms with Crippen LogP contribution < -0.4 is 5.32 Å². The standard InChI is InChI=1S/C27H33FN4O2/c1-6-31(16(2)3)27(34)22-14-20(28)7-8-23(22)32-18(5)25(21-10-11-29-15-24(21)32)26(33)19-9-12-30-17(4)13-19/h7-8,10-11,14-17,19,30H,6,9,12-13H2,1-5H3/t17-,19+/m1/s1. The van der Waals surface area contributed by atoms with E-state index < -0.39 is 5.82 Å². The Bertz CT molecular complexity index is 1230. The molecule has 3 heterocycles. The number of hydrogen-bond acceptors (Lipinski definition) is 4. The first-order valence-corrected chi connectivity index (χ1v) is 12.1. The summed E-state index contributed by atoms with van der Waals surface area (Å²) in [6.45, 7) is 11.1. The number of ketones is 1. The molecular weight excluding hydrogens is 431 g/mol. The Kier molecular flexibility index (Phi) is 6.84. The van der Waals surface area contributed by atoms with Gasteiger partial charge in [-0.3, -0.25) is 14.6 Å². The summed E-state index contributed by atoms with van der Waals surface area (Å²) in [4.78, 5) is 33.2. The molecule has 0 spiro atoms. The summed E-state index contributed by atoms with van der Waals surface area (Å²) in [6, 6.07) is 6.38. The van der Waals surface area contributed by atoms with E-state index in [1.807, 2.05) is 38.3 Å². The molecule has 0 aliphatic carbocycles. The summed E-state index contributed by atoms with van der Waals surface area (Å²) >= 11 is 0. The van der Waals surface area contributed by atoms with Crippen LogP contribution in [0.4, 0.5) is 4.39 Å². The van der Waals surface area contributed by atoms with Gasteiger partial charge >= 0.3 is 0 Å². The van der Waals surface area contributed by atoms with E-state index in [0.717, 1.165) is 36.0 Å². The van der Waals surface area contributed by atoms with Crippen LogP contribution in [0.3, 0.4) is 0 Å². The molecule has 0 saturated carbocycles. The highest BCUT2D eigenvalue weighted by Gasteiger charge is 2.31. The molecular formula is C27H33FN4O2. The second-order valence-corrected chi connectivity index (χ2v) is 9.48. The van der Waals surface area contributed by atoms with Crippen LogP contribution in [0, 0.1) is 18.7 Å². The number of carbonyl (C=O) groups is 2. The zero-order valence-corrected chi connectivity index (χ0v) is 20.6. The Labute approximate surface area is 200 Å². The van der Waals surface area contributed by atoms with Gasteiger partial charge < -0.3 is 14.8 Å². The van der Waals surface area contributed by atoms with Gasteiger partial charge in [0.1, 0.15) is 5.82 Å². The number of Topliss-reactive ketones (excluding diaryl/α,β-unsaturated/α-hetero) is 1. The average molecular weight is 465 g/mol. The van der Waals surface area contributed by atoms with Crippen LogP contribution in [0.25, 0.3) is 16.6 Å². The third kappa shape index (κ3) is 4.25. The van der Waals surface area contributed by atoms with Crippen LogP contribution in [-0.2, 0) is 0 Å². The van der Waals surface area contributed by atoms with Crippen molar-refractivity contribution in [1.82, 2.24) is 19.8 Å². The largest absolute Gasteiger partial charge is 0.336 e. The number of halogens is 1. The minimum atomic E-state index is -0.473.